The first-order chi connectivity index (χ1) is 9.65. The van der Waals surface area contributed by atoms with Crippen LogP contribution in [-0.2, 0) is 4.74 Å². The molecule has 1 aliphatic heterocycles. The largest absolute Gasteiger partial charge is 0.473 e. The number of hydrogen-bond acceptors (Lipinski definition) is 5. The summed E-state index contributed by atoms with van der Waals surface area (Å²) in [6.07, 6.45) is 0.980. The van der Waals surface area contributed by atoms with E-state index in [4.69, 9.17) is 9.47 Å². The monoisotopic (exact) mass is 275 g/mol. The Kier molecular flexibility index (Phi) is 3.02. The first kappa shape index (κ1) is 12.5. The highest BCUT2D eigenvalue weighted by molar-refractivity contribution is 5.80. The lowest BCUT2D eigenvalue weighted by Crippen LogP contribution is -2.28. The molecule has 1 saturated heterocycles. The second-order valence-electron chi connectivity index (χ2n) is 4.52. The fourth-order valence-corrected chi connectivity index (χ4v) is 2.05. The molecule has 1 amide bonds. The molecule has 0 unspecified atom stereocenters. The molecular weight excluding hydrogens is 262 g/mol. The first-order valence-corrected chi connectivity index (χ1v) is 6.18. The van der Waals surface area contributed by atoms with Crippen molar-refractivity contribution in [1.82, 2.24) is 14.9 Å². The SMILES string of the molecule is Cc1cc2nc[nH]c(=O)c2cc1OCN1CCOC1=O. The molecule has 0 aliphatic carbocycles. The van der Waals surface area contributed by atoms with Gasteiger partial charge in [0.05, 0.1) is 23.8 Å². The van der Waals surface area contributed by atoms with Gasteiger partial charge in [0.15, 0.2) is 6.73 Å². The van der Waals surface area contributed by atoms with Crippen LogP contribution >= 0.6 is 0 Å². The van der Waals surface area contributed by atoms with Crippen LogP contribution in [0.5, 0.6) is 5.75 Å². The van der Waals surface area contributed by atoms with E-state index in [-0.39, 0.29) is 18.4 Å². The van der Waals surface area contributed by atoms with E-state index in [0.717, 1.165) is 5.56 Å². The van der Waals surface area contributed by atoms with Gasteiger partial charge in [-0.25, -0.2) is 9.78 Å². The minimum Gasteiger partial charge on any atom is -0.473 e. The molecule has 2 heterocycles. The van der Waals surface area contributed by atoms with E-state index in [2.05, 4.69) is 9.97 Å². The van der Waals surface area contributed by atoms with Gasteiger partial charge in [-0.05, 0) is 24.6 Å². The first-order valence-electron chi connectivity index (χ1n) is 6.18. The van der Waals surface area contributed by atoms with Crippen LogP contribution in [0.25, 0.3) is 10.9 Å². The number of ether oxygens (including phenoxy) is 2. The fraction of sp³-hybridized carbons (Fsp3) is 0.308. The zero-order valence-corrected chi connectivity index (χ0v) is 10.9. The van der Waals surface area contributed by atoms with Crippen LogP contribution < -0.4 is 10.3 Å². The maximum Gasteiger partial charge on any atom is 0.412 e. The number of amides is 1. The summed E-state index contributed by atoms with van der Waals surface area (Å²) in [6, 6.07) is 3.42. The number of aromatic nitrogens is 2. The van der Waals surface area contributed by atoms with Crippen LogP contribution in [0.2, 0.25) is 0 Å². The number of carbonyl (C=O) groups excluding carboxylic acids is 1. The van der Waals surface area contributed by atoms with Crippen LogP contribution in [-0.4, -0.2) is 40.8 Å². The van der Waals surface area contributed by atoms with E-state index in [0.29, 0.717) is 29.8 Å². The highest BCUT2D eigenvalue weighted by Crippen LogP contribution is 2.22. The summed E-state index contributed by atoms with van der Waals surface area (Å²) in [5.41, 5.74) is 1.24. The van der Waals surface area contributed by atoms with Crippen LogP contribution in [0.3, 0.4) is 0 Å². The molecule has 1 aliphatic rings. The number of carbonyl (C=O) groups is 1. The van der Waals surface area contributed by atoms with Gasteiger partial charge >= 0.3 is 6.09 Å². The number of benzene rings is 1. The Labute approximate surface area is 114 Å². The molecule has 1 N–H and O–H groups in total. The van der Waals surface area contributed by atoms with Gasteiger partial charge in [-0.15, -0.1) is 0 Å². The molecule has 3 rings (SSSR count). The molecule has 1 aromatic carbocycles. The van der Waals surface area contributed by atoms with Gasteiger partial charge in [0.25, 0.3) is 5.56 Å². The molecule has 0 bridgehead atoms. The predicted octanol–water partition coefficient (Wildman–Crippen LogP) is 1.02. The zero-order valence-electron chi connectivity index (χ0n) is 10.9. The molecule has 0 atom stereocenters. The Bertz CT molecular complexity index is 725. The lowest BCUT2D eigenvalue weighted by molar-refractivity contribution is 0.128. The number of hydrogen-bond donors (Lipinski definition) is 1. The molecule has 20 heavy (non-hydrogen) atoms. The third-order valence-corrected chi connectivity index (χ3v) is 3.16. The van der Waals surface area contributed by atoms with Crippen molar-refractivity contribution in [2.24, 2.45) is 0 Å². The number of nitrogens with zero attached hydrogens (tertiary/aromatic N) is 2. The smallest absolute Gasteiger partial charge is 0.412 e. The van der Waals surface area contributed by atoms with Gasteiger partial charge in [-0.1, -0.05) is 0 Å². The molecule has 1 fully saturated rings. The molecular formula is C13H13N3O4. The summed E-state index contributed by atoms with van der Waals surface area (Å²) in [6.45, 7) is 2.85. The van der Waals surface area contributed by atoms with E-state index < -0.39 is 0 Å². The van der Waals surface area contributed by atoms with Crippen LogP contribution in [0.1, 0.15) is 5.56 Å². The van der Waals surface area contributed by atoms with Crippen molar-refractivity contribution in [3.63, 3.8) is 0 Å². The topological polar surface area (TPSA) is 84.5 Å². The fourth-order valence-electron chi connectivity index (χ4n) is 2.05. The minimum absolute atomic E-state index is 0.101. The standard InChI is InChI=1S/C13H13N3O4/c1-8-4-10-9(12(17)15-6-14-10)5-11(8)20-7-16-2-3-19-13(16)18/h4-6H,2-3,7H2,1H3,(H,14,15,17). The van der Waals surface area contributed by atoms with Gasteiger partial charge < -0.3 is 14.5 Å². The number of H-pyrrole nitrogens is 1. The van der Waals surface area contributed by atoms with Crippen molar-refractivity contribution >= 4 is 17.0 Å². The summed E-state index contributed by atoms with van der Waals surface area (Å²) >= 11 is 0. The summed E-state index contributed by atoms with van der Waals surface area (Å²) in [5.74, 6) is 0.552. The average Bonchev–Trinajstić information content (AvgIpc) is 2.83. The van der Waals surface area contributed by atoms with Crippen LogP contribution in [0, 0.1) is 6.92 Å². The van der Waals surface area contributed by atoms with Crippen molar-refractivity contribution < 1.29 is 14.3 Å². The molecule has 7 nitrogen and oxygen atoms in total. The number of nitrogens with one attached hydrogen (secondary N) is 1. The highest BCUT2D eigenvalue weighted by Gasteiger charge is 2.22. The third kappa shape index (κ3) is 2.18. The quantitative estimate of drug-likeness (QED) is 0.904. The Morgan fingerprint density at radius 1 is 1.45 bits per heavy atom. The second-order valence-corrected chi connectivity index (χ2v) is 4.52. The Hall–Kier alpha value is -2.57. The van der Waals surface area contributed by atoms with Gasteiger partial charge in [0, 0.05) is 0 Å². The van der Waals surface area contributed by atoms with Gasteiger partial charge in [-0.3, -0.25) is 9.69 Å². The van der Waals surface area contributed by atoms with Crippen molar-refractivity contribution in [2.45, 2.75) is 6.92 Å². The summed E-state index contributed by atoms with van der Waals surface area (Å²) in [4.78, 5) is 31.1. The van der Waals surface area contributed by atoms with Crippen molar-refractivity contribution in [1.29, 1.82) is 0 Å². The molecule has 0 spiro atoms. The number of cyclic esters (lactones) is 1. The van der Waals surface area contributed by atoms with Crippen LogP contribution in [0.4, 0.5) is 4.79 Å². The molecule has 0 saturated carbocycles. The number of rotatable bonds is 3. The normalized spacial score (nSPS) is 14.7. The van der Waals surface area contributed by atoms with Gasteiger partial charge in [-0.2, -0.15) is 0 Å². The number of aryl methyl sites for hydroxylation is 1. The maximum atomic E-state index is 11.7. The maximum absolute atomic E-state index is 11.7. The van der Waals surface area contributed by atoms with E-state index >= 15 is 0 Å². The van der Waals surface area contributed by atoms with E-state index in [1.807, 2.05) is 6.92 Å². The van der Waals surface area contributed by atoms with Crippen LogP contribution in [0.15, 0.2) is 23.3 Å². The lowest BCUT2D eigenvalue weighted by Gasteiger charge is -2.15. The molecule has 7 heteroatoms. The predicted molar refractivity (Wildman–Crippen MR) is 70.6 cm³/mol. The van der Waals surface area contributed by atoms with Crippen molar-refractivity contribution in [3.8, 4) is 5.75 Å². The lowest BCUT2D eigenvalue weighted by atomic mass is 10.1. The van der Waals surface area contributed by atoms with E-state index in [1.165, 1.54) is 11.2 Å². The Morgan fingerprint density at radius 3 is 3.05 bits per heavy atom. The summed E-state index contributed by atoms with van der Waals surface area (Å²) < 4.78 is 10.4. The Morgan fingerprint density at radius 2 is 2.30 bits per heavy atom. The van der Waals surface area contributed by atoms with Gasteiger partial charge in [0.1, 0.15) is 12.4 Å². The number of aromatic amines is 1. The van der Waals surface area contributed by atoms with E-state index in [1.54, 1.807) is 12.1 Å². The molecule has 104 valence electrons. The Balaban J connectivity index is 1.87. The molecule has 1 aromatic heterocycles. The summed E-state index contributed by atoms with van der Waals surface area (Å²) in [5, 5.41) is 0.456. The molecule has 0 radical (unpaired) electrons. The van der Waals surface area contributed by atoms with Gasteiger partial charge in [0.2, 0.25) is 0 Å². The average molecular weight is 275 g/mol. The molecule has 2 aromatic rings. The van der Waals surface area contributed by atoms with E-state index in [9.17, 15) is 9.59 Å². The number of fused-ring (bicyclic) bond motifs is 1. The van der Waals surface area contributed by atoms with Crippen molar-refractivity contribution in [2.75, 3.05) is 19.9 Å². The summed E-state index contributed by atoms with van der Waals surface area (Å²) in [7, 11) is 0. The third-order valence-electron chi connectivity index (χ3n) is 3.16. The zero-order chi connectivity index (χ0) is 14.1. The van der Waals surface area contributed by atoms with Crippen molar-refractivity contribution in [3.05, 3.63) is 34.4 Å². The minimum atomic E-state index is -0.386. The second kappa shape index (κ2) is 4.84. The highest BCUT2D eigenvalue weighted by atomic mass is 16.6.